The van der Waals surface area contributed by atoms with Crippen LogP contribution in [-0.4, -0.2) is 39.6 Å². The largest absolute Gasteiger partial charge is 0.369 e. The van der Waals surface area contributed by atoms with E-state index in [2.05, 4.69) is 35.3 Å². The summed E-state index contributed by atoms with van der Waals surface area (Å²) in [5, 5.41) is 7.60. The van der Waals surface area contributed by atoms with Gasteiger partial charge in [0.2, 0.25) is 11.8 Å². The fourth-order valence-corrected chi connectivity index (χ4v) is 4.69. The predicted octanol–water partition coefficient (Wildman–Crippen LogP) is 2.73. The summed E-state index contributed by atoms with van der Waals surface area (Å²) in [6.45, 7) is 6.11. The molecule has 2 heterocycles. The summed E-state index contributed by atoms with van der Waals surface area (Å²) >= 11 is 0. The number of hydrogen-bond donors (Lipinski definition) is 2. The summed E-state index contributed by atoms with van der Waals surface area (Å²) in [7, 11) is 1.96. The molecule has 0 radical (unpaired) electrons. The third-order valence-electron chi connectivity index (χ3n) is 6.57. The molecule has 4 rings (SSSR count). The highest BCUT2D eigenvalue weighted by molar-refractivity contribution is 5.78. The van der Waals surface area contributed by atoms with Gasteiger partial charge in [-0.05, 0) is 18.1 Å². The Hall–Kier alpha value is -3.45. The molecule has 2 aromatic carbocycles. The van der Waals surface area contributed by atoms with E-state index in [-0.39, 0.29) is 23.7 Å². The molecular weight excluding hydrogens is 414 g/mol. The third-order valence-corrected chi connectivity index (χ3v) is 6.57. The summed E-state index contributed by atoms with van der Waals surface area (Å²) in [5.74, 6) is -0.598. The van der Waals surface area contributed by atoms with Crippen LogP contribution in [0.15, 0.2) is 54.6 Å². The van der Waals surface area contributed by atoms with Gasteiger partial charge in [0.25, 0.3) is 0 Å². The molecule has 0 spiro atoms. The second-order valence-corrected chi connectivity index (χ2v) is 8.87. The molecule has 1 aliphatic heterocycles. The van der Waals surface area contributed by atoms with Gasteiger partial charge in [0.15, 0.2) is 0 Å². The fraction of sp³-hybridized carbons (Fsp3) is 0.346. The normalized spacial score (nSPS) is 18.4. The molecule has 0 saturated carbocycles. The number of nitrogens with two attached hydrogens (primary N) is 1. The van der Waals surface area contributed by atoms with Gasteiger partial charge < -0.3 is 11.1 Å². The number of aryl methyl sites for hydroxylation is 1. The summed E-state index contributed by atoms with van der Waals surface area (Å²) in [6, 6.07) is 18.3. The number of carbonyl (C=O) groups excluding carboxylic acids is 2. The Kier molecular flexibility index (Phi) is 6.60. The van der Waals surface area contributed by atoms with Gasteiger partial charge in [0.05, 0.1) is 11.6 Å². The molecule has 3 aromatic rings. The number of hydrogen-bond acceptors (Lipinski definition) is 4. The highest BCUT2D eigenvalue weighted by Crippen LogP contribution is 2.35. The molecule has 0 unspecified atom stereocenters. The van der Waals surface area contributed by atoms with Gasteiger partial charge in [0, 0.05) is 62.9 Å². The van der Waals surface area contributed by atoms with Crippen LogP contribution in [0, 0.1) is 12.8 Å². The molecule has 1 saturated heterocycles. The van der Waals surface area contributed by atoms with Crippen molar-refractivity contribution in [2.24, 2.45) is 18.7 Å². The van der Waals surface area contributed by atoms with E-state index in [1.54, 1.807) is 0 Å². The average molecular weight is 446 g/mol. The first-order chi connectivity index (χ1) is 15.8. The Morgan fingerprint density at radius 3 is 2.58 bits per heavy atom. The first kappa shape index (κ1) is 22.7. The van der Waals surface area contributed by atoms with E-state index in [1.807, 2.05) is 48.1 Å². The molecule has 2 amide bonds. The molecule has 3 N–H and O–H groups in total. The zero-order chi connectivity index (χ0) is 23.5. The molecule has 1 aromatic heterocycles. The van der Waals surface area contributed by atoms with Crippen molar-refractivity contribution in [1.82, 2.24) is 20.0 Å². The molecule has 1 fully saturated rings. The van der Waals surface area contributed by atoms with Crippen molar-refractivity contribution in [3.63, 3.8) is 0 Å². The summed E-state index contributed by atoms with van der Waals surface area (Å²) in [6.07, 6.45) is 0. The zero-order valence-corrected chi connectivity index (χ0v) is 19.4. The van der Waals surface area contributed by atoms with Gasteiger partial charge in [-0.15, -0.1) is 0 Å². The van der Waals surface area contributed by atoms with E-state index >= 15 is 0 Å². The molecule has 1 aliphatic rings. The summed E-state index contributed by atoms with van der Waals surface area (Å²) < 4.78 is 1.92. The first-order valence-electron chi connectivity index (χ1n) is 11.3. The number of aromatic nitrogens is 2. The van der Waals surface area contributed by atoms with Crippen molar-refractivity contribution in [2.75, 3.05) is 13.1 Å². The monoisotopic (exact) mass is 445 g/mol. The zero-order valence-electron chi connectivity index (χ0n) is 19.4. The second kappa shape index (κ2) is 9.58. The van der Waals surface area contributed by atoms with Gasteiger partial charge in [0.1, 0.15) is 0 Å². The smallest absolute Gasteiger partial charge is 0.222 e. The van der Waals surface area contributed by atoms with Crippen LogP contribution in [0.3, 0.4) is 0 Å². The minimum atomic E-state index is -0.277. The number of benzene rings is 2. The van der Waals surface area contributed by atoms with Crippen molar-refractivity contribution >= 4 is 11.8 Å². The van der Waals surface area contributed by atoms with Gasteiger partial charge in [-0.25, -0.2) is 0 Å². The van der Waals surface area contributed by atoms with E-state index in [9.17, 15) is 9.59 Å². The minimum Gasteiger partial charge on any atom is -0.369 e. The van der Waals surface area contributed by atoms with Crippen LogP contribution in [0.5, 0.6) is 0 Å². The number of nitrogens with zero attached hydrogens (tertiary/aromatic N) is 3. The molecular formula is C26H31N5O2. The maximum Gasteiger partial charge on any atom is 0.222 e. The SMILES string of the molecule is CC(=O)NCc1cccc([C@H]2CN(Cc3c(-c4ccccc4)nn(C)c3C)C[C@@H]2C(N)=O)c1. The lowest BCUT2D eigenvalue weighted by Gasteiger charge is -2.18. The molecule has 172 valence electrons. The van der Waals surface area contributed by atoms with Gasteiger partial charge in [-0.3, -0.25) is 19.2 Å². The lowest BCUT2D eigenvalue weighted by atomic mass is 9.88. The Bertz CT molecular complexity index is 1150. The molecule has 2 atom stereocenters. The molecule has 7 nitrogen and oxygen atoms in total. The second-order valence-electron chi connectivity index (χ2n) is 8.87. The van der Waals surface area contributed by atoms with Crippen LogP contribution in [0.25, 0.3) is 11.3 Å². The summed E-state index contributed by atoms with van der Waals surface area (Å²) in [4.78, 5) is 26.0. The van der Waals surface area contributed by atoms with Gasteiger partial charge in [-0.1, -0.05) is 54.6 Å². The molecule has 0 aliphatic carbocycles. The third kappa shape index (κ3) is 4.98. The lowest BCUT2D eigenvalue weighted by Crippen LogP contribution is -2.29. The van der Waals surface area contributed by atoms with Crippen molar-refractivity contribution < 1.29 is 9.59 Å². The average Bonchev–Trinajstić information content (AvgIpc) is 3.36. The van der Waals surface area contributed by atoms with Gasteiger partial charge >= 0.3 is 0 Å². The van der Waals surface area contributed by atoms with Crippen LogP contribution in [0.2, 0.25) is 0 Å². The van der Waals surface area contributed by atoms with Crippen LogP contribution < -0.4 is 11.1 Å². The lowest BCUT2D eigenvalue weighted by molar-refractivity contribution is -0.122. The van der Waals surface area contributed by atoms with E-state index in [0.717, 1.165) is 34.6 Å². The van der Waals surface area contributed by atoms with Crippen molar-refractivity contribution in [1.29, 1.82) is 0 Å². The number of nitrogens with one attached hydrogen (secondary N) is 1. The Morgan fingerprint density at radius 1 is 1.12 bits per heavy atom. The highest BCUT2D eigenvalue weighted by Gasteiger charge is 2.38. The van der Waals surface area contributed by atoms with E-state index in [0.29, 0.717) is 19.6 Å². The number of primary amides is 1. The van der Waals surface area contributed by atoms with Gasteiger partial charge in [-0.2, -0.15) is 5.10 Å². The quantitative estimate of drug-likeness (QED) is 0.585. The Balaban J connectivity index is 1.58. The van der Waals surface area contributed by atoms with Crippen LogP contribution in [0.4, 0.5) is 0 Å². The maximum absolute atomic E-state index is 12.4. The topological polar surface area (TPSA) is 93.2 Å². The molecule has 0 bridgehead atoms. The van der Waals surface area contributed by atoms with Crippen LogP contribution in [-0.2, 0) is 29.7 Å². The first-order valence-corrected chi connectivity index (χ1v) is 11.3. The van der Waals surface area contributed by atoms with E-state index in [1.165, 1.54) is 12.5 Å². The number of amides is 2. The minimum absolute atomic E-state index is 0.0110. The number of carbonyl (C=O) groups is 2. The number of rotatable bonds is 7. The standard InChI is InChI=1S/C26H31N5O2/c1-17-22(25(29-30(17)3)20-9-5-4-6-10-20)14-31-15-23(24(16-31)26(27)33)21-11-7-8-19(12-21)13-28-18(2)32/h4-12,23-24H,13-16H2,1-3H3,(H2,27,33)(H,28,32)/t23-,24+/m1/s1. The molecule has 7 heteroatoms. The fourth-order valence-electron chi connectivity index (χ4n) is 4.69. The van der Waals surface area contributed by atoms with E-state index < -0.39 is 0 Å². The molecule has 33 heavy (non-hydrogen) atoms. The highest BCUT2D eigenvalue weighted by atomic mass is 16.1. The number of likely N-dealkylation sites (tertiary alicyclic amines) is 1. The van der Waals surface area contributed by atoms with Crippen LogP contribution >= 0.6 is 0 Å². The van der Waals surface area contributed by atoms with Crippen molar-refractivity contribution in [2.45, 2.75) is 32.9 Å². The van der Waals surface area contributed by atoms with Crippen LogP contribution in [0.1, 0.15) is 35.2 Å². The Labute approximate surface area is 194 Å². The van der Waals surface area contributed by atoms with Crippen molar-refractivity contribution in [3.05, 3.63) is 77.0 Å². The summed E-state index contributed by atoms with van der Waals surface area (Å²) in [5.41, 5.74) is 12.3. The van der Waals surface area contributed by atoms with Crippen molar-refractivity contribution in [3.8, 4) is 11.3 Å². The Morgan fingerprint density at radius 2 is 1.88 bits per heavy atom. The maximum atomic E-state index is 12.4. The predicted molar refractivity (Wildman–Crippen MR) is 128 cm³/mol. The van der Waals surface area contributed by atoms with E-state index in [4.69, 9.17) is 10.8 Å².